The number of rotatable bonds is 2. The minimum Gasteiger partial charge on any atom is -0.368 e. The van der Waals surface area contributed by atoms with Gasteiger partial charge in [0.2, 0.25) is 5.91 Å². The second kappa shape index (κ2) is 2.73. The Balaban J connectivity index is 1.94. The van der Waals surface area contributed by atoms with Crippen LogP contribution in [0.25, 0.3) is 0 Å². The lowest BCUT2D eigenvalue weighted by atomic mass is 9.77. The van der Waals surface area contributed by atoms with E-state index in [9.17, 15) is 4.79 Å². The van der Waals surface area contributed by atoms with Crippen molar-refractivity contribution in [1.82, 2.24) is 4.90 Å². The molecule has 1 heterocycles. The van der Waals surface area contributed by atoms with Gasteiger partial charge in [0.15, 0.2) is 0 Å². The molecule has 3 nitrogen and oxygen atoms in total. The Labute approximate surface area is 72.9 Å². The fraction of sp³-hybridized carbons (Fsp3) is 0.889. The molecule has 1 aliphatic carbocycles. The lowest BCUT2D eigenvalue weighted by Gasteiger charge is -2.28. The maximum Gasteiger partial charge on any atom is 0.234 e. The van der Waals surface area contributed by atoms with Crippen LogP contribution >= 0.6 is 0 Å². The summed E-state index contributed by atoms with van der Waals surface area (Å²) in [5, 5.41) is 0. The quantitative estimate of drug-likeness (QED) is 0.640. The van der Waals surface area contributed by atoms with Crippen molar-refractivity contribution in [2.75, 3.05) is 13.1 Å². The maximum atomic E-state index is 10.9. The van der Waals surface area contributed by atoms with Crippen LogP contribution in [0.3, 0.4) is 0 Å². The van der Waals surface area contributed by atoms with Gasteiger partial charge in [-0.05, 0) is 31.6 Å². The molecule has 2 N–H and O–H groups in total. The molecule has 3 atom stereocenters. The molecule has 12 heavy (non-hydrogen) atoms. The monoisotopic (exact) mass is 168 g/mol. The normalized spacial score (nSPS) is 37.1. The van der Waals surface area contributed by atoms with E-state index in [4.69, 9.17) is 5.73 Å². The number of likely N-dealkylation sites (tertiary alicyclic amines) is 1. The molecule has 3 heteroatoms. The van der Waals surface area contributed by atoms with E-state index in [2.05, 4.69) is 4.90 Å². The Morgan fingerprint density at radius 3 is 2.25 bits per heavy atom. The number of primary amides is 1. The number of nitrogens with two attached hydrogens (primary N) is 1. The fourth-order valence-corrected chi connectivity index (χ4v) is 2.29. The molecule has 0 aromatic rings. The Bertz CT molecular complexity index is 193. The van der Waals surface area contributed by atoms with Crippen LogP contribution in [-0.2, 0) is 4.79 Å². The van der Waals surface area contributed by atoms with E-state index < -0.39 is 0 Å². The van der Waals surface area contributed by atoms with Gasteiger partial charge in [0.05, 0.1) is 6.04 Å². The van der Waals surface area contributed by atoms with Crippen LogP contribution in [0, 0.1) is 11.8 Å². The number of nitrogens with zero attached hydrogens (tertiary/aromatic N) is 1. The zero-order chi connectivity index (χ0) is 8.72. The van der Waals surface area contributed by atoms with Crippen molar-refractivity contribution in [3.63, 3.8) is 0 Å². The average Bonchev–Trinajstić information content (AvgIpc) is 2.27. The molecule has 1 aliphatic heterocycles. The number of hydrogen-bond acceptors (Lipinski definition) is 2. The Morgan fingerprint density at radius 2 is 1.92 bits per heavy atom. The summed E-state index contributed by atoms with van der Waals surface area (Å²) in [7, 11) is 0. The molecule has 0 bridgehead atoms. The minimum absolute atomic E-state index is 0.0596. The first-order valence-corrected chi connectivity index (χ1v) is 4.72. The number of carbonyl (C=O) groups excluding carboxylic acids is 1. The second-order valence-corrected chi connectivity index (χ2v) is 4.13. The fourth-order valence-electron chi connectivity index (χ4n) is 2.29. The molecular formula is C9H16N2O. The van der Waals surface area contributed by atoms with E-state index in [1.807, 2.05) is 6.92 Å². The Kier molecular flexibility index (Phi) is 1.83. The molecular weight excluding hydrogens is 152 g/mol. The van der Waals surface area contributed by atoms with E-state index in [1.54, 1.807) is 0 Å². The number of fused-ring (bicyclic) bond motifs is 1. The van der Waals surface area contributed by atoms with Gasteiger partial charge in [-0.2, -0.15) is 0 Å². The van der Waals surface area contributed by atoms with Gasteiger partial charge in [-0.3, -0.25) is 9.69 Å². The largest absolute Gasteiger partial charge is 0.368 e. The number of hydrogen-bond donors (Lipinski definition) is 1. The van der Waals surface area contributed by atoms with Gasteiger partial charge < -0.3 is 5.73 Å². The number of carbonyl (C=O) groups is 1. The molecule has 2 rings (SSSR count). The molecule has 0 spiro atoms. The van der Waals surface area contributed by atoms with E-state index in [0.29, 0.717) is 0 Å². The van der Waals surface area contributed by atoms with Gasteiger partial charge in [0, 0.05) is 13.1 Å². The molecule has 0 aromatic heterocycles. The molecule has 3 unspecified atom stereocenters. The highest BCUT2D eigenvalue weighted by molar-refractivity contribution is 5.79. The first-order valence-electron chi connectivity index (χ1n) is 4.72. The molecule has 2 aliphatic rings. The topological polar surface area (TPSA) is 46.3 Å². The van der Waals surface area contributed by atoms with Crippen LogP contribution in [0.5, 0.6) is 0 Å². The SMILES string of the molecule is CC(C(N)=O)N1CC2CCC2C1. The van der Waals surface area contributed by atoms with Crippen LogP contribution in [0.15, 0.2) is 0 Å². The first kappa shape index (κ1) is 8.05. The summed E-state index contributed by atoms with van der Waals surface area (Å²) < 4.78 is 0. The van der Waals surface area contributed by atoms with Gasteiger partial charge in [-0.15, -0.1) is 0 Å². The van der Waals surface area contributed by atoms with Gasteiger partial charge in [-0.25, -0.2) is 0 Å². The summed E-state index contributed by atoms with van der Waals surface area (Å²) in [6.07, 6.45) is 2.71. The maximum absolute atomic E-state index is 10.9. The third-order valence-corrected chi connectivity index (χ3v) is 3.47. The van der Waals surface area contributed by atoms with Crippen molar-refractivity contribution in [3.8, 4) is 0 Å². The van der Waals surface area contributed by atoms with Crippen molar-refractivity contribution in [1.29, 1.82) is 0 Å². The van der Waals surface area contributed by atoms with Crippen molar-refractivity contribution in [2.24, 2.45) is 17.6 Å². The van der Waals surface area contributed by atoms with Crippen molar-refractivity contribution in [2.45, 2.75) is 25.8 Å². The van der Waals surface area contributed by atoms with Crippen molar-refractivity contribution < 1.29 is 4.79 Å². The van der Waals surface area contributed by atoms with Crippen LogP contribution in [0.4, 0.5) is 0 Å². The lowest BCUT2D eigenvalue weighted by Crippen LogP contribution is -2.41. The zero-order valence-corrected chi connectivity index (χ0v) is 7.49. The molecule has 68 valence electrons. The van der Waals surface area contributed by atoms with Gasteiger partial charge in [-0.1, -0.05) is 0 Å². The first-order chi connectivity index (χ1) is 5.68. The van der Waals surface area contributed by atoms with Gasteiger partial charge >= 0.3 is 0 Å². The predicted octanol–water partition coefficient (Wildman–Crippen LogP) is 0.202. The standard InChI is InChI=1S/C9H16N2O/c1-6(9(10)12)11-4-7-2-3-8(7)5-11/h6-8H,2-5H2,1H3,(H2,10,12). The highest BCUT2D eigenvalue weighted by Crippen LogP contribution is 2.40. The van der Waals surface area contributed by atoms with Crippen LogP contribution in [0.2, 0.25) is 0 Å². The molecule has 1 amide bonds. The van der Waals surface area contributed by atoms with E-state index in [0.717, 1.165) is 24.9 Å². The van der Waals surface area contributed by atoms with Gasteiger partial charge in [0.25, 0.3) is 0 Å². The summed E-state index contributed by atoms with van der Waals surface area (Å²) in [5.74, 6) is 1.55. The van der Waals surface area contributed by atoms with Crippen LogP contribution in [0.1, 0.15) is 19.8 Å². The Hall–Kier alpha value is -0.570. The summed E-state index contributed by atoms with van der Waals surface area (Å²) in [4.78, 5) is 13.1. The van der Waals surface area contributed by atoms with Crippen LogP contribution < -0.4 is 5.73 Å². The summed E-state index contributed by atoms with van der Waals surface area (Å²) in [6.45, 7) is 4.09. The third kappa shape index (κ3) is 1.12. The van der Waals surface area contributed by atoms with E-state index in [1.165, 1.54) is 12.8 Å². The van der Waals surface area contributed by atoms with Gasteiger partial charge in [0.1, 0.15) is 0 Å². The summed E-state index contributed by atoms with van der Waals surface area (Å²) >= 11 is 0. The van der Waals surface area contributed by atoms with E-state index >= 15 is 0 Å². The van der Waals surface area contributed by atoms with Crippen molar-refractivity contribution in [3.05, 3.63) is 0 Å². The number of amides is 1. The molecule has 1 saturated carbocycles. The minimum atomic E-state index is -0.184. The van der Waals surface area contributed by atoms with E-state index in [-0.39, 0.29) is 11.9 Å². The summed E-state index contributed by atoms with van der Waals surface area (Å²) in [5.41, 5.74) is 5.25. The summed E-state index contributed by atoms with van der Waals surface area (Å²) in [6, 6.07) is -0.0596. The smallest absolute Gasteiger partial charge is 0.234 e. The molecule has 0 aromatic carbocycles. The van der Waals surface area contributed by atoms with Crippen LogP contribution in [-0.4, -0.2) is 29.9 Å². The predicted molar refractivity (Wildman–Crippen MR) is 46.4 cm³/mol. The highest BCUT2D eigenvalue weighted by atomic mass is 16.1. The molecule has 1 saturated heterocycles. The highest BCUT2D eigenvalue weighted by Gasteiger charge is 2.41. The average molecular weight is 168 g/mol. The Morgan fingerprint density at radius 1 is 1.42 bits per heavy atom. The lowest BCUT2D eigenvalue weighted by molar-refractivity contribution is -0.122. The zero-order valence-electron chi connectivity index (χ0n) is 7.49. The second-order valence-electron chi connectivity index (χ2n) is 4.13. The molecule has 2 fully saturated rings. The third-order valence-electron chi connectivity index (χ3n) is 3.47. The van der Waals surface area contributed by atoms with Crippen molar-refractivity contribution >= 4 is 5.91 Å². The molecule has 0 radical (unpaired) electrons.